The van der Waals surface area contributed by atoms with Crippen LogP contribution >= 0.6 is 11.8 Å². The van der Waals surface area contributed by atoms with Gasteiger partial charge in [0.1, 0.15) is 11.5 Å². The lowest BCUT2D eigenvalue weighted by atomic mass is 9.87. The van der Waals surface area contributed by atoms with Crippen molar-refractivity contribution in [2.75, 3.05) is 14.2 Å². The molecule has 3 aromatic rings. The summed E-state index contributed by atoms with van der Waals surface area (Å²) in [6.45, 7) is 6.59. The van der Waals surface area contributed by atoms with E-state index in [-0.39, 0.29) is 16.7 Å². The molecule has 0 bridgehead atoms. The van der Waals surface area contributed by atoms with Crippen molar-refractivity contribution in [3.63, 3.8) is 0 Å². The number of carbonyl (C=O) groups is 1. The van der Waals surface area contributed by atoms with Gasteiger partial charge < -0.3 is 9.47 Å². The van der Waals surface area contributed by atoms with Crippen molar-refractivity contribution in [3.05, 3.63) is 100.0 Å². The molecule has 0 radical (unpaired) electrons. The quantitative estimate of drug-likeness (QED) is 0.346. The normalized spacial score (nSPS) is 18.6. The van der Waals surface area contributed by atoms with E-state index in [1.54, 1.807) is 14.2 Å². The number of methoxy groups -OCH3 is 2. The molecule has 5 rings (SSSR count). The molecule has 194 valence electrons. The minimum Gasteiger partial charge on any atom is -0.497 e. The maximum atomic E-state index is 12.6. The van der Waals surface area contributed by atoms with Crippen LogP contribution in [0.5, 0.6) is 11.5 Å². The third-order valence-electron chi connectivity index (χ3n) is 6.74. The van der Waals surface area contributed by atoms with Crippen LogP contribution in [0.2, 0.25) is 0 Å². The highest BCUT2D eigenvalue weighted by molar-refractivity contribution is 8.18. The molecule has 0 saturated heterocycles. The third-order valence-corrected chi connectivity index (χ3v) is 7.53. The molecule has 2 aliphatic rings. The summed E-state index contributed by atoms with van der Waals surface area (Å²) < 4.78 is 10.7. The molecule has 0 fully saturated rings. The smallest absolute Gasteiger partial charge is 0.311 e. The highest BCUT2D eigenvalue weighted by Gasteiger charge is 2.37. The molecule has 1 amide bonds. The molecule has 2 heterocycles. The number of carbonyl (C=O) groups excluding carboxylic acids is 1. The number of nitrogens with zero attached hydrogens (tertiary/aromatic N) is 3. The van der Waals surface area contributed by atoms with Crippen molar-refractivity contribution in [1.29, 1.82) is 0 Å². The van der Waals surface area contributed by atoms with Gasteiger partial charge in [-0.25, -0.2) is 5.01 Å². The second kappa shape index (κ2) is 10.5. The number of ether oxygens (including phenoxy) is 2. The predicted octanol–water partition coefficient (Wildman–Crippen LogP) is 7.46. The molecule has 1 unspecified atom stereocenters. The number of aliphatic imine (C=N–C) groups is 1. The minimum absolute atomic E-state index is 0.0735. The van der Waals surface area contributed by atoms with Crippen molar-refractivity contribution in [3.8, 4) is 11.5 Å². The number of benzene rings is 3. The van der Waals surface area contributed by atoms with Gasteiger partial charge in [0.2, 0.25) is 0 Å². The fourth-order valence-electron chi connectivity index (χ4n) is 4.54. The van der Waals surface area contributed by atoms with Crippen LogP contribution in [0.1, 0.15) is 55.5 Å². The fourth-order valence-corrected chi connectivity index (χ4v) is 5.29. The monoisotopic (exact) mass is 525 g/mol. The van der Waals surface area contributed by atoms with Crippen LogP contribution in [0.3, 0.4) is 0 Å². The van der Waals surface area contributed by atoms with E-state index in [0.29, 0.717) is 12.3 Å². The first-order valence-electron chi connectivity index (χ1n) is 12.5. The van der Waals surface area contributed by atoms with Gasteiger partial charge in [-0.15, -0.1) is 0 Å². The minimum atomic E-state index is -0.237. The summed E-state index contributed by atoms with van der Waals surface area (Å²) in [7, 11) is 3.31. The molecule has 2 aliphatic heterocycles. The Hall–Kier alpha value is -3.84. The van der Waals surface area contributed by atoms with Crippen LogP contribution in [0.25, 0.3) is 6.08 Å². The van der Waals surface area contributed by atoms with Crippen molar-refractivity contribution in [2.24, 2.45) is 10.1 Å². The van der Waals surface area contributed by atoms with Crippen LogP contribution in [0, 0.1) is 0 Å². The Balaban J connectivity index is 1.52. The Bertz CT molecular complexity index is 1420. The Morgan fingerprint density at radius 1 is 0.895 bits per heavy atom. The molecule has 0 aliphatic carbocycles. The van der Waals surface area contributed by atoms with Crippen LogP contribution in [-0.4, -0.2) is 36.0 Å². The Kier molecular flexibility index (Phi) is 7.13. The summed E-state index contributed by atoms with van der Waals surface area (Å²) in [6.07, 6.45) is 2.69. The summed E-state index contributed by atoms with van der Waals surface area (Å²) in [5.74, 6) is 2.16. The molecular formula is C31H31N3O3S. The highest BCUT2D eigenvalue weighted by atomic mass is 32.2. The average Bonchev–Trinajstić information content (AvgIpc) is 3.52. The van der Waals surface area contributed by atoms with Gasteiger partial charge in [-0.2, -0.15) is 10.1 Å². The molecule has 1 atom stereocenters. The van der Waals surface area contributed by atoms with Crippen LogP contribution in [-0.2, 0) is 5.41 Å². The maximum Gasteiger partial charge on any atom is 0.311 e. The lowest BCUT2D eigenvalue weighted by Gasteiger charge is -2.24. The summed E-state index contributed by atoms with van der Waals surface area (Å²) in [5, 5.41) is 6.67. The molecule has 0 N–H and O–H groups in total. The van der Waals surface area contributed by atoms with Gasteiger partial charge in [0.15, 0.2) is 5.84 Å². The Labute approximate surface area is 228 Å². The van der Waals surface area contributed by atoms with E-state index in [1.807, 2.05) is 59.6 Å². The van der Waals surface area contributed by atoms with Gasteiger partial charge >= 0.3 is 5.24 Å². The first-order chi connectivity index (χ1) is 18.2. The fraction of sp³-hybridized carbons (Fsp3) is 0.258. The first-order valence-corrected chi connectivity index (χ1v) is 13.3. The number of rotatable bonds is 5. The van der Waals surface area contributed by atoms with E-state index in [0.717, 1.165) is 50.6 Å². The first kappa shape index (κ1) is 25.8. The SMILES string of the molecule is COc1ccc(C2=NN(C3=NC(=O)S/C3=C\c3ccc(C(C)(C)C)cc3)C(c3ccc(OC)cc3)C2)cc1. The molecule has 3 aromatic carbocycles. The van der Waals surface area contributed by atoms with Crippen LogP contribution in [0.4, 0.5) is 4.79 Å². The largest absolute Gasteiger partial charge is 0.497 e. The summed E-state index contributed by atoms with van der Waals surface area (Å²) in [4.78, 5) is 17.8. The lowest BCUT2D eigenvalue weighted by molar-refractivity contribution is 0.267. The van der Waals surface area contributed by atoms with Gasteiger partial charge in [0.25, 0.3) is 0 Å². The van der Waals surface area contributed by atoms with E-state index >= 15 is 0 Å². The van der Waals surface area contributed by atoms with Gasteiger partial charge in [0.05, 0.1) is 30.9 Å². The average molecular weight is 526 g/mol. The molecular weight excluding hydrogens is 494 g/mol. The number of hydrazone groups is 1. The second-order valence-electron chi connectivity index (χ2n) is 10.3. The number of amidine groups is 1. The number of hydrogen-bond donors (Lipinski definition) is 0. The van der Waals surface area contributed by atoms with Crippen molar-refractivity contribution < 1.29 is 14.3 Å². The molecule has 7 heteroatoms. The lowest BCUT2D eigenvalue weighted by Crippen LogP contribution is -2.26. The van der Waals surface area contributed by atoms with E-state index in [2.05, 4.69) is 50.0 Å². The molecule has 0 saturated carbocycles. The second-order valence-corrected chi connectivity index (χ2v) is 11.3. The van der Waals surface area contributed by atoms with Gasteiger partial charge in [0, 0.05) is 6.42 Å². The molecule has 0 aromatic heterocycles. The van der Waals surface area contributed by atoms with Crippen LogP contribution < -0.4 is 9.47 Å². The van der Waals surface area contributed by atoms with Crippen LogP contribution in [0.15, 0.2) is 87.8 Å². The summed E-state index contributed by atoms with van der Waals surface area (Å²) >= 11 is 1.14. The molecule has 38 heavy (non-hydrogen) atoms. The number of amides is 1. The summed E-state index contributed by atoms with van der Waals surface area (Å²) in [5.41, 5.74) is 5.35. The highest BCUT2D eigenvalue weighted by Crippen LogP contribution is 2.40. The van der Waals surface area contributed by atoms with E-state index in [4.69, 9.17) is 14.6 Å². The van der Waals surface area contributed by atoms with E-state index < -0.39 is 0 Å². The van der Waals surface area contributed by atoms with Crippen molar-refractivity contribution in [2.45, 2.75) is 38.6 Å². The van der Waals surface area contributed by atoms with Gasteiger partial charge in [-0.05, 0) is 81.9 Å². The maximum absolute atomic E-state index is 12.6. The third kappa shape index (κ3) is 5.38. The standard InChI is InChI=1S/C31H31N3O3S/c1-31(2,3)23-12-6-20(7-13-23)18-28-29(32-30(35)38-28)34-27(22-10-16-25(37-5)17-11-22)19-26(33-34)21-8-14-24(36-4)15-9-21/h6-18,27H,19H2,1-5H3/b28-18-. The summed E-state index contributed by atoms with van der Waals surface area (Å²) in [6, 6.07) is 24.2. The molecule has 6 nitrogen and oxygen atoms in total. The zero-order valence-electron chi connectivity index (χ0n) is 22.3. The topological polar surface area (TPSA) is 63.5 Å². The number of hydrogen-bond acceptors (Lipinski definition) is 6. The number of thioether (sulfide) groups is 1. The van der Waals surface area contributed by atoms with E-state index in [1.165, 1.54) is 5.56 Å². The van der Waals surface area contributed by atoms with Crippen molar-refractivity contribution in [1.82, 2.24) is 5.01 Å². The zero-order valence-corrected chi connectivity index (χ0v) is 23.1. The van der Waals surface area contributed by atoms with Crippen molar-refractivity contribution >= 4 is 34.6 Å². The molecule has 0 spiro atoms. The zero-order chi connectivity index (χ0) is 26.9. The van der Waals surface area contributed by atoms with Gasteiger partial charge in [-0.3, -0.25) is 4.79 Å². The van der Waals surface area contributed by atoms with Gasteiger partial charge in [-0.1, -0.05) is 57.2 Å². The Morgan fingerprint density at radius 2 is 1.50 bits per heavy atom. The predicted molar refractivity (Wildman–Crippen MR) is 155 cm³/mol. The Morgan fingerprint density at radius 3 is 2.08 bits per heavy atom. The van der Waals surface area contributed by atoms with E-state index in [9.17, 15) is 4.79 Å².